The molecule has 0 atom stereocenters. The number of nitrogens with two attached hydrogens (primary N) is 2. The number of halogens is 1. The monoisotopic (exact) mass is 511 g/mol. The number of aryl methyl sites for hydroxylation is 2. The molecule has 4 N–H and O–H groups in total. The standard InChI is InChI=1S/C27H22FN7O3/c1-14-7-8-31-27(34-14)38-21-6-4-17(12-20(21)28)35-23(15(2)22-24(35)25(30)33-13-32-22)18-5-3-16(29)11-19(18)26-36-9-10-37-26/h3-13,26H,29H2,1-2H3,(H2,30,32,33). The molecule has 190 valence electrons. The highest BCUT2D eigenvalue weighted by atomic mass is 19.1. The van der Waals surface area contributed by atoms with Gasteiger partial charge in [0.25, 0.3) is 6.29 Å². The van der Waals surface area contributed by atoms with E-state index < -0.39 is 12.1 Å². The maximum atomic E-state index is 15.4. The molecule has 5 aromatic rings. The number of benzene rings is 2. The lowest BCUT2D eigenvalue weighted by Gasteiger charge is -2.19. The largest absolute Gasteiger partial charge is 0.455 e. The molecule has 11 heteroatoms. The van der Waals surface area contributed by atoms with Crippen LogP contribution in [0.1, 0.15) is 23.1 Å². The molecule has 0 spiro atoms. The lowest BCUT2D eigenvalue weighted by atomic mass is 10.00. The van der Waals surface area contributed by atoms with Crippen molar-refractivity contribution in [2.45, 2.75) is 20.1 Å². The number of nitrogen functional groups attached to an aromatic ring is 2. The second-order valence-electron chi connectivity index (χ2n) is 8.69. The van der Waals surface area contributed by atoms with Crippen LogP contribution in [0.25, 0.3) is 28.0 Å². The van der Waals surface area contributed by atoms with Crippen molar-refractivity contribution in [1.82, 2.24) is 24.5 Å². The van der Waals surface area contributed by atoms with Gasteiger partial charge in [-0.15, -0.1) is 0 Å². The molecule has 0 saturated heterocycles. The van der Waals surface area contributed by atoms with Crippen LogP contribution >= 0.6 is 0 Å². The van der Waals surface area contributed by atoms with Crippen molar-refractivity contribution >= 4 is 22.5 Å². The molecule has 3 aromatic heterocycles. The van der Waals surface area contributed by atoms with Crippen molar-refractivity contribution in [2.75, 3.05) is 11.5 Å². The summed E-state index contributed by atoms with van der Waals surface area (Å²) in [6.45, 7) is 3.71. The Hall–Kier alpha value is -5.19. The van der Waals surface area contributed by atoms with E-state index in [0.29, 0.717) is 39.4 Å². The smallest absolute Gasteiger partial charge is 0.322 e. The van der Waals surface area contributed by atoms with Crippen LogP contribution in [-0.4, -0.2) is 24.5 Å². The highest BCUT2D eigenvalue weighted by molar-refractivity contribution is 5.96. The van der Waals surface area contributed by atoms with Gasteiger partial charge in [-0.25, -0.2) is 24.3 Å². The van der Waals surface area contributed by atoms with Crippen LogP contribution in [0.15, 0.2) is 67.5 Å². The fraction of sp³-hybridized carbons (Fsp3) is 0.111. The molecule has 0 saturated carbocycles. The van der Waals surface area contributed by atoms with Gasteiger partial charge in [-0.05, 0) is 44.2 Å². The van der Waals surface area contributed by atoms with Crippen molar-refractivity contribution in [3.8, 4) is 28.7 Å². The predicted molar refractivity (Wildman–Crippen MR) is 139 cm³/mol. The average Bonchev–Trinajstić information content (AvgIpc) is 3.53. The summed E-state index contributed by atoms with van der Waals surface area (Å²) < 4.78 is 34.1. The summed E-state index contributed by atoms with van der Waals surface area (Å²) in [6, 6.07) is 11.8. The summed E-state index contributed by atoms with van der Waals surface area (Å²) in [7, 11) is 0. The molecule has 0 unspecified atom stereocenters. The van der Waals surface area contributed by atoms with Gasteiger partial charge in [0.05, 0.1) is 11.2 Å². The van der Waals surface area contributed by atoms with Crippen molar-refractivity contribution < 1.29 is 18.6 Å². The summed E-state index contributed by atoms with van der Waals surface area (Å²) >= 11 is 0. The number of aromatic nitrogens is 5. The zero-order valence-electron chi connectivity index (χ0n) is 20.4. The van der Waals surface area contributed by atoms with Crippen molar-refractivity contribution in [1.29, 1.82) is 0 Å². The van der Waals surface area contributed by atoms with Crippen molar-refractivity contribution in [3.63, 3.8) is 0 Å². The van der Waals surface area contributed by atoms with E-state index in [-0.39, 0.29) is 17.6 Å². The topological polar surface area (TPSA) is 136 Å². The van der Waals surface area contributed by atoms with Gasteiger partial charge >= 0.3 is 6.01 Å². The Bertz CT molecular complexity index is 1730. The molecule has 1 aliphatic rings. The second kappa shape index (κ2) is 9.04. The van der Waals surface area contributed by atoms with Crippen molar-refractivity contribution in [3.05, 3.63) is 90.2 Å². The first-order chi connectivity index (χ1) is 18.4. The summed E-state index contributed by atoms with van der Waals surface area (Å²) in [4.78, 5) is 16.9. The predicted octanol–water partition coefficient (Wildman–Crippen LogP) is 5.11. The van der Waals surface area contributed by atoms with Gasteiger partial charge in [0.1, 0.15) is 24.4 Å². The Morgan fingerprint density at radius 1 is 0.974 bits per heavy atom. The number of fused-ring (bicyclic) bond motifs is 1. The first-order valence-electron chi connectivity index (χ1n) is 11.7. The van der Waals surface area contributed by atoms with E-state index in [9.17, 15) is 0 Å². The van der Waals surface area contributed by atoms with E-state index in [4.69, 9.17) is 25.7 Å². The van der Waals surface area contributed by atoms with E-state index in [2.05, 4.69) is 19.9 Å². The van der Waals surface area contributed by atoms with Crippen LogP contribution in [0.3, 0.4) is 0 Å². The fourth-order valence-corrected chi connectivity index (χ4v) is 4.52. The average molecular weight is 512 g/mol. The van der Waals surface area contributed by atoms with Crippen LogP contribution in [0.2, 0.25) is 0 Å². The Balaban J connectivity index is 1.55. The van der Waals surface area contributed by atoms with Gasteiger partial charge in [0, 0.05) is 46.0 Å². The number of nitrogens with zero attached hydrogens (tertiary/aromatic N) is 5. The van der Waals surface area contributed by atoms with E-state index in [1.54, 1.807) is 37.4 Å². The SMILES string of the molecule is Cc1ccnc(Oc2ccc(-n3c(-c4ccc(N)cc4C4OC=CO4)c(C)c4ncnc(N)c43)cc2F)n1. The highest BCUT2D eigenvalue weighted by Gasteiger charge is 2.27. The van der Waals surface area contributed by atoms with Crippen LogP contribution in [0, 0.1) is 19.7 Å². The van der Waals surface area contributed by atoms with Crippen molar-refractivity contribution in [2.24, 2.45) is 0 Å². The van der Waals surface area contributed by atoms with E-state index in [0.717, 1.165) is 11.1 Å². The summed E-state index contributed by atoms with van der Waals surface area (Å²) in [5.41, 5.74) is 18.3. The molecule has 10 nitrogen and oxygen atoms in total. The Morgan fingerprint density at radius 2 is 1.79 bits per heavy atom. The van der Waals surface area contributed by atoms with E-state index >= 15 is 4.39 Å². The molecule has 1 aliphatic heterocycles. The van der Waals surface area contributed by atoms with Crippen LogP contribution in [0.4, 0.5) is 15.9 Å². The second-order valence-corrected chi connectivity index (χ2v) is 8.69. The molecular formula is C27H22FN7O3. The van der Waals surface area contributed by atoms with Crippen LogP contribution in [0.5, 0.6) is 11.8 Å². The van der Waals surface area contributed by atoms with Gasteiger partial charge in [0.2, 0.25) is 0 Å². The lowest BCUT2D eigenvalue weighted by Crippen LogP contribution is -2.06. The number of anilines is 2. The van der Waals surface area contributed by atoms with Gasteiger partial charge in [-0.2, -0.15) is 0 Å². The number of hydrogen-bond donors (Lipinski definition) is 2. The van der Waals surface area contributed by atoms with Crippen LogP contribution < -0.4 is 16.2 Å². The summed E-state index contributed by atoms with van der Waals surface area (Å²) in [6.07, 6.45) is 5.18. The zero-order chi connectivity index (χ0) is 26.4. The molecule has 0 radical (unpaired) electrons. The molecule has 0 bridgehead atoms. The third-order valence-electron chi connectivity index (χ3n) is 6.20. The first kappa shape index (κ1) is 23.2. The summed E-state index contributed by atoms with van der Waals surface area (Å²) in [5.74, 6) is -0.395. The Morgan fingerprint density at radius 3 is 2.55 bits per heavy atom. The van der Waals surface area contributed by atoms with Gasteiger partial charge < -0.3 is 30.2 Å². The molecule has 2 aromatic carbocycles. The molecule has 6 rings (SSSR count). The number of hydrogen-bond acceptors (Lipinski definition) is 9. The minimum Gasteiger partial charge on any atom is -0.455 e. The zero-order valence-corrected chi connectivity index (χ0v) is 20.4. The maximum absolute atomic E-state index is 15.4. The Kier molecular flexibility index (Phi) is 5.52. The molecule has 0 amide bonds. The van der Waals surface area contributed by atoms with Gasteiger partial charge in [-0.1, -0.05) is 6.07 Å². The maximum Gasteiger partial charge on any atom is 0.322 e. The third-order valence-corrected chi connectivity index (χ3v) is 6.20. The Labute approximate surface area is 216 Å². The lowest BCUT2D eigenvalue weighted by molar-refractivity contribution is -0.0241. The molecular weight excluding hydrogens is 489 g/mol. The summed E-state index contributed by atoms with van der Waals surface area (Å²) in [5, 5.41) is 0. The third kappa shape index (κ3) is 3.90. The minimum absolute atomic E-state index is 0.0229. The van der Waals surface area contributed by atoms with Gasteiger partial charge in [0.15, 0.2) is 17.4 Å². The molecule has 38 heavy (non-hydrogen) atoms. The normalized spacial score (nSPS) is 13.0. The number of rotatable bonds is 5. The minimum atomic E-state index is -0.704. The van der Waals surface area contributed by atoms with Crippen LogP contribution in [-0.2, 0) is 9.47 Å². The highest BCUT2D eigenvalue weighted by Crippen LogP contribution is 2.42. The first-order valence-corrected chi connectivity index (χ1v) is 11.7. The molecule has 0 aliphatic carbocycles. The quantitative estimate of drug-likeness (QED) is 0.309. The number of ether oxygens (including phenoxy) is 3. The van der Waals surface area contributed by atoms with Gasteiger partial charge in [-0.3, -0.25) is 0 Å². The molecule has 0 fully saturated rings. The fourth-order valence-electron chi connectivity index (χ4n) is 4.52. The van der Waals surface area contributed by atoms with E-state index in [1.165, 1.54) is 31.0 Å². The van der Waals surface area contributed by atoms with E-state index in [1.807, 2.05) is 17.6 Å². The molecule has 4 heterocycles.